The van der Waals surface area contributed by atoms with E-state index in [1.54, 1.807) is 18.4 Å². The lowest BCUT2D eigenvalue weighted by Crippen LogP contribution is -2.44. The number of carbonyl (C=O) groups is 2. The molecule has 2 rings (SSSR count). The minimum Gasteiger partial charge on any atom is -0.466 e. The molecule has 0 radical (unpaired) electrons. The second kappa shape index (κ2) is 8.26. The van der Waals surface area contributed by atoms with Crippen LogP contribution in [0.1, 0.15) is 29.4 Å². The van der Waals surface area contributed by atoms with E-state index in [9.17, 15) is 9.59 Å². The van der Waals surface area contributed by atoms with E-state index < -0.39 is 5.97 Å². The Labute approximate surface area is 144 Å². The zero-order chi connectivity index (χ0) is 16.8. The second-order valence-corrected chi connectivity index (χ2v) is 6.43. The third-order valence-corrected chi connectivity index (χ3v) is 4.86. The first-order valence-corrected chi connectivity index (χ1v) is 8.74. The molecule has 0 aromatic carbocycles. The Morgan fingerprint density at radius 1 is 1.52 bits per heavy atom. The van der Waals surface area contributed by atoms with Crippen molar-refractivity contribution in [2.75, 3.05) is 32.1 Å². The smallest absolute Gasteiger partial charge is 0.350 e. The summed E-state index contributed by atoms with van der Waals surface area (Å²) in [6.45, 7) is 3.49. The van der Waals surface area contributed by atoms with Crippen molar-refractivity contribution in [3.63, 3.8) is 0 Å². The SMILES string of the molecule is CCOC(=O)C1CCCN(C(=S)Nc2ccsc2C(=O)OC)C1. The molecule has 6 nitrogen and oxygen atoms in total. The van der Waals surface area contributed by atoms with Gasteiger partial charge in [0.1, 0.15) is 4.88 Å². The first-order valence-electron chi connectivity index (χ1n) is 7.45. The molecular weight excluding hydrogens is 336 g/mol. The van der Waals surface area contributed by atoms with Gasteiger partial charge in [-0.25, -0.2) is 4.79 Å². The molecular formula is C15H20N2O4S2. The third kappa shape index (κ3) is 4.42. The van der Waals surface area contributed by atoms with Crippen LogP contribution in [0.2, 0.25) is 0 Å². The maximum atomic E-state index is 11.9. The van der Waals surface area contributed by atoms with Gasteiger partial charge in [-0.15, -0.1) is 11.3 Å². The minimum absolute atomic E-state index is 0.161. The van der Waals surface area contributed by atoms with Crippen LogP contribution in [-0.4, -0.2) is 48.8 Å². The fourth-order valence-corrected chi connectivity index (χ4v) is 3.51. The Morgan fingerprint density at radius 2 is 2.30 bits per heavy atom. The molecule has 1 aromatic rings. The number of rotatable bonds is 4. The largest absolute Gasteiger partial charge is 0.466 e. The van der Waals surface area contributed by atoms with Crippen molar-refractivity contribution >= 4 is 46.3 Å². The van der Waals surface area contributed by atoms with Gasteiger partial charge in [-0.05, 0) is 43.4 Å². The Morgan fingerprint density at radius 3 is 3.00 bits per heavy atom. The topological polar surface area (TPSA) is 67.9 Å². The average molecular weight is 356 g/mol. The van der Waals surface area contributed by atoms with Crippen molar-refractivity contribution in [1.82, 2.24) is 4.90 Å². The Hall–Kier alpha value is -1.67. The van der Waals surface area contributed by atoms with Crippen LogP contribution in [-0.2, 0) is 14.3 Å². The predicted molar refractivity (Wildman–Crippen MR) is 92.8 cm³/mol. The Bertz CT molecular complexity index is 588. The van der Waals surface area contributed by atoms with Crippen LogP contribution in [0.4, 0.5) is 5.69 Å². The fourth-order valence-electron chi connectivity index (χ4n) is 2.47. The molecule has 2 heterocycles. The molecule has 1 aromatic heterocycles. The number of nitrogens with one attached hydrogen (secondary N) is 1. The van der Waals surface area contributed by atoms with E-state index >= 15 is 0 Å². The van der Waals surface area contributed by atoms with Gasteiger partial charge in [-0.3, -0.25) is 4.79 Å². The average Bonchev–Trinajstić information content (AvgIpc) is 3.02. The molecule has 1 unspecified atom stereocenters. The monoisotopic (exact) mass is 356 g/mol. The van der Waals surface area contributed by atoms with Crippen LogP contribution < -0.4 is 5.32 Å². The number of hydrogen-bond acceptors (Lipinski definition) is 6. The first kappa shape index (κ1) is 17.7. The molecule has 1 atom stereocenters. The van der Waals surface area contributed by atoms with Gasteiger partial charge in [0.25, 0.3) is 0 Å². The first-order chi connectivity index (χ1) is 11.1. The van der Waals surface area contributed by atoms with Crippen molar-refractivity contribution in [3.8, 4) is 0 Å². The van der Waals surface area contributed by atoms with Gasteiger partial charge >= 0.3 is 11.9 Å². The van der Waals surface area contributed by atoms with Gasteiger partial charge in [-0.2, -0.15) is 0 Å². The number of ether oxygens (including phenoxy) is 2. The Kier molecular flexibility index (Phi) is 6.35. The number of likely N-dealkylation sites (tertiary alicyclic amines) is 1. The molecule has 0 saturated carbocycles. The molecule has 23 heavy (non-hydrogen) atoms. The Balaban J connectivity index is 1.99. The number of carbonyl (C=O) groups excluding carboxylic acids is 2. The normalized spacial score (nSPS) is 17.5. The zero-order valence-corrected chi connectivity index (χ0v) is 14.8. The van der Waals surface area contributed by atoms with E-state index in [2.05, 4.69) is 5.32 Å². The lowest BCUT2D eigenvalue weighted by atomic mass is 9.98. The lowest BCUT2D eigenvalue weighted by Gasteiger charge is -2.33. The standard InChI is InChI=1S/C15H20N2O4S2/c1-3-21-13(18)10-5-4-7-17(9-10)15(22)16-11-6-8-23-12(11)14(19)20-2/h6,8,10H,3-5,7,9H2,1-2H3,(H,16,22). The van der Waals surface area contributed by atoms with Crippen molar-refractivity contribution in [3.05, 3.63) is 16.3 Å². The van der Waals surface area contributed by atoms with E-state index in [4.69, 9.17) is 21.7 Å². The summed E-state index contributed by atoms with van der Waals surface area (Å²) in [5.41, 5.74) is 0.630. The van der Waals surface area contributed by atoms with Crippen molar-refractivity contribution in [1.29, 1.82) is 0 Å². The maximum Gasteiger partial charge on any atom is 0.350 e. The van der Waals surface area contributed by atoms with Crippen LogP contribution >= 0.6 is 23.6 Å². The summed E-state index contributed by atoms with van der Waals surface area (Å²) < 4.78 is 9.84. The molecule has 0 amide bonds. The minimum atomic E-state index is -0.395. The highest BCUT2D eigenvalue weighted by Gasteiger charge is 2.28. The summed E-state index contributed by atoms with van der Waals surface area (Å²) in [7, 11) is 1.35. The van der Waals surface area contributed by atoms with Crippen LogP contribution in [0.25, 0.3) is 0 Å². The summed E-state index contributed by atoms with van der Waals surface area (Å²) in [6.07, 6.45) is 1.68. The summed E-state index contributed by atoms with van der Waals surface area (Å²) >= 11 is 6.72. The summed E-state index contributed by atoms with van der Waals surface area (Å²) in [4.78, 5) is 26.0. The van der Waals surface area contributed by atoms with Gasteiger partial charge in [0.2, 0.25) is 0 Å². The summed E-state index contributed by atoms with van der Waals surface area (Å²) in [5.74, 6) is -0.731. The summed E-state index contributed by atoms with van der Waals surface area (Å²) in [5, 5.41) is 5.38. The molecule has 1 N–H and O–H groups in total. The van der Waals surface area contributed by atoms with Crippen LogP contribution in [0, 0.1) is 5.92 Å². The van der Waals surface area contributed by atoms with Crippen molar-refractivity contribution < 1.29 is 19.1 Å². The highest BCUT2D eigenvalue weighted by Crippen LogP contribution is 2.25. The van der Waals surface area contributed by atoms with Gasteiger partial charge in [0.15, 0.2) is 5.11 Å². The van der Waals surface area contributed by atoms with Crippen molar-refractivity contribution in [2.24, 2.45) is 5.92 Å². The van der Waals surface area contributed by atoms with Crippen molar-refractivity contribution in [2.45, 2.75) is 19.8 Å². The van der Waals surface area contributed by atoms with Crippen LogP contribution in [0.3, 0.4) is 0 Å². The molecule has 1 fully saturated rings. The highest BCUT2D eigenvalue weighted by atomic mass is 32.1. The number of methoxy groups -OCH3 is 1. The van der Waals surface area contributed by atoms with Gasteiger partial charge in [0, 0.05) is 13.1 Å². The van der Waals surface area contributed by atoms with E-state index in [-0.39, 0.29) is 11.9 Å². The number of thiocarbonyl (C=S) groups is 1. The van der Waals surface area contributed by atoms with Gasteiger partial charge < -0.3 is 19.7 Å². The predicted octanol–water partition coefficient (Wildman–Crippen LogP) is 2.51. The molecule has 0 bridgehead atoms. The number of piperidine rings is 1. The van der Waals surface area contributed by atoms with Gasteiger partial charge in [-0.1, -0.05) is 0 Å². The van der Waals surface area contributed by atoms with Crippen LogP contribution in [0.15, 0.2) is 11.4 Å². The molecule has 1 aliphatic heterocycles. The number of hydrogen-bond donors (Lipinski definition) is 1. The number of thiophene rings is 1. The number of nitrogens with zero attached hydrogens (tertiary/aromatic N) is 1. The van der Waals surface area contributed by atoms with Gasteiger partial charge in [0.05, 0.1) is 25.3 Å². The molecule has 8 heteroatoms. The summed E-state index contributed by atoms with van der Waals surface area (Å²) in [6, 6.07) is 1.79. The van der Waals surface area contributed by atoms with E-state index in [1.807, 2.05) is 4.90 Å². The molecule has 0 aliphatic carbocycles. The quantitative estimate of drug-likeness (QED) is 0.657. The zero-order valence-electron chi connectivity index (χ0n) is 13.2. The van der Waals surface area contributed by atoms with E-state index in [1.165, 1.54) is 18.4 Å². The lowest BCUT2D eigenvalue weighted by molar-refractivity contribution is -0.149. The molecule has 0 spiro atoms. The maximum absolute atomic E-state index is 11.9. The molecule has 1 aliphatic rings. The second-order valence-electron chi connectivity index (χ2n) is 5.12. The van der Waals surface area contributed by atoms with E-state index in [0.29, 0.717) is 28.8 Å². The number of esters is 2. The highest BCUT2D eigenvalue weighted by molar-refractivity contribution is 7.80. The third-order valence-electron chi connectivity index (χ3n) is 3.61. The van der Waals surface area contributed by atoms with Crippen LogP contribution in [0.5, 0.6) is 0 Å². The fraction of sp³-hybridized carbons (Fsp3) is 0.533. The van der Waals surface area contributed by atoms with E-state index in [0.717, 1.165) is 19.4 Å². The number of anilines is 1. The molecule has 126 valence electrons. The molecule has 1 saturated heterocycles.